The fraction of sp³-hybridized carbons (Fsp3) is 0.875. The summed E-state index contributed by atoms with van der Waals surface area (Å²) in [6, 6.07) is -0.270. The molecule has 0 saturated carbocycles. The zero-order chi connectivity index (χ0) is 16.7. The van der Waals surface area contributed by atoms with Gasteiger partial charge >= 0.3 is 0 Å². The van der Waals surface area contributed by atoms with Crippen molar-refractivity contribution in [1.29, 1.82) is 0 Å². The van der Waals surface area contributed by atoms with Gasteiger partial charge in [-0.2, -0.15) is 0 Å². The molecule has 0 spiro atoms. The minimum absolute atomic E-state index is 0. The Morgan fingerprint density at radius 3 is 2.62 bits per heavy atom. The first-order valence-corrected chi connectivity index (χ1v) is 9.80. The van der Waals surface area contributed by atoms with Gasteiger partial charge in [-0.15, -0.1) is 24.2 Å². The molecule has 0 radical (unpaired) electrons. The van der Waals surface area contributed by atoms with Gasteiger partial charge in [-0.05, 0) is 32.2 Å². The van der Waals surface area contributed by atoms with Gasteiger partial charge in [-0.1, -0.05) is 6.92 Å². The molecule has 0 aliphatic carbocycles. The predicted molar refractivity (Wildman–Crippen MR) is 99.3 cm³/mol. The number of ether oxygens (including phenoxy) is 1. The van der Waals surface area contributed by atoms with E-state index < -0.39 is 0 Å². The molecule has 1 atom stereocenters. The van der Waals surface area contributed by atoms with Gasteiger partial charge in [0.15, 0.2) is 0 Å². The maximum atomic E-state index is 12.7. The molecule has 1 unspecified atom stereocenters. The van der Waals surface area contributed by atoms with E-state index >= 15 is 0 Å². The van der Waals surface area contributed by atoms with Gasteiger partial charge in [-0.25, -0.2) is 0 Å². The normalized spacial score (nSPS) is 21.7. The molecule has 24 heavy (non-hydrogen) atoms. The molecule has 2 rings (SSSR count). The van der Waals surface area contributed by atoms with Gasteiger partial charge in [0.2, 0.25) is 11.8 Å². The number of rotatable bonds is 7. The van der Waals surface area contributed by atoms with Gasteiger partial charge in [0, 0.05) is 31.9 Å². The number of hydrogen-bond acceptors (Lipinski definition) is 5. The van der Waals surface area contributed by atoms with Crippen LogP contribution in [0.25, 0.3) is 0 Å². The Balaban J connectivity index is 0.00000288. The number of hydrogen-bond donors (Lipinski definition) is 1. The first-order valence-electron chi connectivity index (χ1n) is 8.65. The summed E-state index contributed by atoms with van der Waals surface area (Å²) in [6.07, 6.45) is 4.22. The first-order chi connectivity index (χ1) is 11.2. The second-order valence-corrected chi connectivity index (χ2v) is 7.17. The number of amides is 2. The molecule has 2 aliphatic heterocycles. The lowest BCUT2D eigenvalue weighted by Crippen LogP contribution is -2.51. The van der Waals surface area contributed by atoms with E-state index in [1.54, 1.807) is 16.7 Å². The molecular weight excluding hydrogens is 350 g/mol. The van der Waals surface area contributed by atoms with E-state index in [0.29, 0.717) is 25.4 Å². The zero-order valence-corrected chi connectivity index (χ0v) is 16.1. The van der Waals surface area contributed by atoms with Crippen molar-refractivity contribution in [3.8, 4) is 0 Å². The Morgan fingerprint density at radius 2 is 2.00 bits per heavy atom. The number of carbonyl (C=O) groups is 2. The second-order valence-electron chi connectivity index (χ2n) is 6.17. The number of nitrogens with zero attached hydrogens (tertiary/aromatic N) is 2. The quantitative estimate of drug-likeness (QED) is 0.678. The molecule has 8 heteroatoms. The van der Waals surface area contributed by atoms with Crippen molar-refractivity contribution in [1.82, 2.24) is 9.80 Å². The maximum Gasteiger partial charge on any atom is 0.246 e. The monoisotopic (exact) mass is 379 g/mol. The fourth-order valence-electron chi connectivity index (χ4n) is 3.04. The Labute approximate surface area is 155 Å². The summed E-state index contributed by atoms with van der Waals surface area (Å²) in [5.74, 6) is 1.59. The summed E-state index contributed by atoms with van der Waals surface area (Å²) in [5, 5.41) is 0. The third-order valence-electron chi connectivity index (χ3n) is 4.41. The molecule has 2 saturated heterocycles. The number of nitrogens with two attached hydrogens (primary N) is 1. The van der Waals surface area contributed by atoms with Crippen LogP contribution >= 0.6 is 24.2 Å². The van der Waals surface area contributed by atoms with Crippen LogP contribution in [0.15, 0.2) is 0 Å². The van der Waals surface area contributed by atoms with Crippen LogP contribution in [0.2, 0.25) is 0 Å². The lowest BCUT2D eigenvalue weighted by molar-refractivity contribution is -0.145. The summed E-state index contributed by atoms with van der Waals surface area (Å²) < 4.78 is 5.78. The number of thioether (sulfide) groups is 1. The number of piperidine rings is 1. The highest BCUT2D eigenvalue weighted by atomic mass is 35.5. The molecule has 140 valence electrons. The van der Waals surface area contributed by atoms with Crippen LogP contribution in [-0.2, 0) is 14.3 Å². The lowest BCUT2D eigenvalue weighted by Gasteiger charge is -2.35. The van der Waals surface area contributed by atoms with Crippen LogP contribution < -0.4 is 5.73 Å². The van der Waals surface area contributed by atoms with E-state index in [4.69, 9.17) is 10.5 Å². The van der Waals surface area contributed by atoms with Gasteiger partial charge in [-0.3, -0.25) is 9.59 Å². The van der Waals surface area contributed by atoms with Gasteiger partial charge < -0.3 is 20.3 Å². The van der Waals surface area contributed by atoms with Crippen molar-refractivity contribution in [2.24, 2.45) is 5.73 Å². The summed E-state index contributed by atoms with van der Waals surface area (Å²) in [7, 11) is 0. The van der Waals surface area contributed by atoms with E-state index in [-0.39, 0.29) is 36.4 Å². The Hall–Kier alpha value is -0.500. The second kappa shape index (κ2) is 11.2. The summed E-state index contributed by atoms with van der Waals surface area (Å²) in [4.78, 5) is 28.6. The minimum atomic E-state index is -0.270. The highest BCUT2D eigenvalue weighted by molar-refractivity contribution is 7.99. The smallest absolute Gasteiger partial charge is 0.246 e. The molecule has 2 fully saturated rings. The molecule has 2 N–H and O–H groups in total. The van der Waals surface area contributed by atoms with Crippen LogP contribution in [-0.4, -0.2) is 71.6 Å². The van der Waals surface area contributed by atoms with E-state index in [1.165, 1.54) is 0 Å². The molecule has 2 amide bonds. The summed E-state index contributed by atoms with van der Waals surface area (Å²) in [5.41, 5.74) is 5.47. The fourth-order valence-corrected chi connectivity index (χ4v) is 4.21. The van der Waals surface area contributed by atoms with Crippen molar-refractivity contribution >= 4 is 36.0 Å². The third-order valence-corrected chi connectivity index (χ3v) is 5.42. The van der Waals surface area contributed by atoms with Gasteiger partial charge in [0.05, 0.1) is 12.0 Å². The summed E-state index contributed by atoms with van der Waals surface area (Å²) >= 11 is 1.67. The Kier molecular flexibility index (Phi) is 10.0. The number of halogens is 1. The van der Waals surface area contributed by atoms with E-state index in [2.05, 4.69) is 0 Å². The van der Waals surface area contributed by atoms with Gasteiger partial charge in [0.25, 0.3) is 0 Å². The molecule has 6 nitrogen and oxygen atoms in total. The highest BCUT2D eigenvalue weighted by Crippen LogP contribution is 2.25. The van der Waals surface area contributed by atoms with Crippen molar-refractivity contribution in [2.45, 2.75) is 51.2 Å². The first kappa shape index (κ1) is 21.5. The van der Waals surface area contributed by atoms with E-state index in [0.717, 1.165) is 44.5 Å². The Bertz CT molecular complexity index is 406. The maximum absolute atomic E-state index is 12.7. The highest BCUT2D eigenvalue weighted by Gasteiger charge is 2.37. The van der Waals surface area contributed by atoms with Gasteiger partial charge in [0.1, 0.15) is 6.04 Å². The zero-order valence-electron chi connectivity index (χ0n) is 14.4. The average Bonchev–Trinajstić information content (AvgIpc) is 3.05. The molecule has 0 aromatic rings. The van der Waals surface area contributed by atoms with Crippen LogP contribution in [0.3, 0.4) is 0 Å². The molecule has 0 aromatic carbocycles. The van der Waals surface area contributed by atoms with Crippen LogP contribution in [0, 0.1) is 0 Å². The lowest BCUT2D eigenvalue weighted by atomic mass is 10.1. The van der Waals surface area contributed by atoms with Crippen LogP contribution in [0.4, 0.5) is 0 Å². The SMILES string of the molecule is CCCC(=O)N1CSCC1C(=O)N1CCC(OCCCN)CC1.Cl. The van der Waals surface area contributed by atoms with Crippen LogP contribution in [0.1, 0.15) is 39.0 Å². The van der Waals surface area contributed by atoms with Crippen molar-refractivity contribution in [3.63, 3.8) is 0 Å². The molecule has 0 bridgehead atoms. The molecular formula is C16H30ClN3O3S. The topological polar surface area (TPSA) is 75.9 Å². The van der Waals surface area contributed by atoms with Crippen LogP contribution in [0.5, 0.6) is 0 Å². The summed E-state index contributed by atoms with van der Waals surface area (Å²) in [6.45, 7) is 4.80. The largest absolute Gasteiger partial charge is 0.378 e. The molecule has 2 heterocycles. The average molecular weight is 380 g/mol. The number of carbonyl (C=O) groups excluding carboxylic acids is 2. The molecule has 0 aromatic heterocycles. The predicted octanol–water partition coefficient (Wildman–Crippen LogP) is 1.47. The third kappa shape index (κ3) is 5.79. The minimum Gasteiger partial charge on any atom is -0.378 e. The van der Waals surface area contributed by atoms with E-state index in [1.807, 2.05) is 11.8 Å². The van der Waals surface area contributed by atoms with Crippen molar-refractivity contribution < 1.29 is 14.3 Å². The standard InChI is InChI=1S/C16H29N3O3S.ClH/c1-2-4-15(20)19-12-23-11-14(19)16(21)18-8-5-13(6-9-18)22-10-3-7-17;/h13-14H,2-12,17H2,1H3;1H. The molecule has 2 aliphatic rings. The van der Waals surface area contributed by atoms with Crippen molar-refractivity contribution in [3.05, 3.63) is 0 Å². The number of likely N-dealkylation sites (tertiary alicyclic amines) is 1. The Morgan fingerprint density at radius 1 is 1.29 bits per heavy atom. The van der Waals surface area contributed by atoms with E-state index in [9.17, 15) is 9.59 Å². The van der Waals surface area contributed by atoms with Crippen molar-refractivity contribution in [2.75, 3.05) is 37.9 Å².